The Balaban J connectivity index is 1.41. The van der Waals surface area contributed by atoms with Gasteiger partial charge in [-0.25, -0.2) is 9.97 Å². The van der Waals surface area contributed by atoms with Gasteiger partial charge in [0.15, 0.2) is 0 Å². The minimum Gasteiger partial charge on any atom is -0.376 e. The molecule has 146 valence electrons. The highest BCUT2D eigenvalue weighted by Crippen LogP contribution is 2.40. The Hall–Kier alpha value is -1.34. The molecule has 0 saturated carbocycles. The maximum absolute atomic E-state index is 5.99. The third kappa shape index (κ3) is 3.88. The van der Waals surface area contributed by atoms with E-state index in [-0.39, 0.29) is 0 Å². The second-order valence-electron chi connectivity index (χ2n) is 7.28. The molecule has 1 fully saturated rings. The number of fused-ring (bicyclic) bond motifs is 3. The fourth-order valence-electron chi connectivity index (χ4n) is 3.93. The Labute approximate surface area is 178 Å². The van der Waals surface area contributed by atoms with Crippen molar-refractivity contribution in [1.29, 1.82) is 0 Å². The van der Waals surface area contributed by atoms with Crippen LogP contribution in [0.25, 0.3) is 10.2 Å². The molecule has 2 aliphatic rings. The number of aromatic nitrogens is 2. The summed E-state index contributed by atoms with van der Waals surface area (Å²) < 4.78 is 5.79. The van der Waals surface area contributed by atoms with Gasteiger partial charge in [-0.15, -0.1) is 23.1 Å². The monoisotopic (exact) mass is 431 g/mol. The SMILES string of the molecule is Clc1ccc(SCc2nc(NC[C@@H]3CCCO3)c3c4c(sc3n2)CCC4)cc1. The molecule has 1 N–H and O–H groups in total. The number of nitrogens with zero attached hydrogens (tertiary/aromatic N) is 2. The number of rotatable bonds is 6. The molecule has 4 nitrogen and oxygen atoms in total. The molecule has 1 aromatic carbocycles. The predicted octanol–water partition coefficient (Wildman–Crippen LogP) is 5.72. The number of aryl methyl sites for hydroxylation is 2. The van der Waals surface area contributed by atoms with Crippen molar-refractivity contribution < 1.29 is 4.74 Å². The zero-order chi connectivity index (χ0) is 18.9. The third-order valence-corrected chi connectivity index (χ3v) is 7.76. The van der Waals surface area contributed by atoms with E-state index in [1.54, 1.807) is 11.8 Å². The van der Waals surface area contributed by atoms with Crippen LogP contribution in [0.15, 0.2) is 29.2 Å². The van der Waals surface area contributed by atoms with Crippen molar-refractivity contribution in [1.82, 2.24) is 9.97 Å². The molecular weight excluding hydrogens is 410 g/mol. The van der Waals surface area contributed by atoms with Gasteiger partial charge in [-0.05, 0) is 61.9 Å². The maximum atomic E-state index is 5.99. The van der Waals surface area contributed by atoms with Crippen molar-refractivity contribution in [3.8, 4) is 0 Å². The van der Waals surface area contributed by atoms with Crippen LogP contribution in [-0.2, 0) is 23.3 Å². The Bertz CT molecular complexity index is 983. The first-order valence-electron chi connectivity index (χ1n) is 9.81. The highest BCUT2D eigenvalue weighted by atomic mass is 35.5. The van der Waals surface area contributed by atoms with E-state index in [4.69, 9.17) is 26.3 Å². The van der Waals surface area contributed by atoms with Gasteiger partial charge >= 0.3 is 0 Å². The van der Waals surface area contributed by atoms with Gasteiger partial charge in [0.25, 0.3) is 0 Å². The summed E-state index contributed by atoms with van der Waals surface area (Å²) >= 11 is 9.58. The van der Waals surface area contributed by atoms with Crippen molar-refractivity contribution in [2.45, 2.75) is 48.9 Å². The first-order valence-corrected chi connectivity index (χ1v) is 12.0. The maximum Gasteiger partial charge on any atom is 0.142 e. The number of benzene rings is 1. The van der Waals surface area contributed by atoms with Crippen LogP contribution in [0.4, 0.5) is 5.82 Å². The second-order valence-corrected chi connectivity index (χ2v) is 9.85. The Kier molecular flexibility index (Phi) is 5.46. The van der Waals surface area contributed by atoms with Gasteiger partial charge in [-0.3, -0.25) is 0 Å². The van der Waals surface area contributed by atoms with Crippen molar-refractivity contribution >= 4 is 50.7 Å². The summed E-state index contributed by atoms with van der Waals surface area (Å²) in [7, 11) is 0. The summed E-state index contributed by atoms with van der Waals surface area (Å²) in [5.41, 5.74) is 1.46. The van der Waals surface area contributed by atoms with Gasteiger partial charge in [-0.1, -0.05) is 11.6 Å². The van der Waals surface area contributed by atoms with Crippen LogP contribution in [0.2, 0.25) is 5.02 Å². The lowest BCUT2D eigenvalue weighted by atomic mass is 10.2. The lowest BCUT2D eigenvalue weighted by Crippen LogP contribution is -2.19. The third-order valence-electron chi connectivity index (χ3n) is 5.31. The molecule has 7 heteroatoms. The molecule has 3 aromatic rings. The number of anilines is 1. The molecule has 2 aromatic heterocycles. The van der Waals surface area contributed by atoms with Crippen LogP contribution in [0, 0.1) is 0 Å². The number of thiophene rings is 1. The molecule has 0 bridgehead atoms. The van der Waals surface area contributed by atoms with Crippen molar-refractivity contribution in [3.05, 3.63) is 45.6 Å². The second kappa shape index (κ2) is 8.19. The normalized spacial score (nSPS) is 18.7. The van der Waals surface area contributed by atoms with Gasteiger partial charge in [0.05, 0.1) is 17.2 Å². The average Bonchev–Trinajstić information content (AvgIpc) is 3.43. The number of nitrogens with one attached hydrogen (secondary N) is 1. The van der Waals surface area contributed by atoms with Gasteiger partial charge in [0.1, 0.15) is 16.5 Å². The van der Waals surface area contributed by atoms with E-state index >= 15 is 0 Å². The number of ether oxygens (including phenoxy) is 1. The minimum atomic E-state index is 0.295. The molecule has 0 spiro atoms. The molecule has 1 saturated heterocycles. The van der Waals surface area contributed by atoms with E-state index in [9.17, 15) is 0 Å². The van der Waals surface area contributed by atoms with Crippen LogP contribution in [-0.4, -0.2) is 29.2 Å². The highest BCUT2D eigenvalue weighted by Gasteiger charge is 2.23. The van der Waals surface area contributed by atoms with E-state index < -0.39 is 0 Å². The Morgan fingerprint density at radius 1 is 1.18 bits per heavy atom. The molecule has 1 aliphatic heterocycles. The lowest BCUT2D eigenvalue weighted by Gasteiger charge is -2.13. The highest BCUT2D eigenvalue weighted by molar-refractivity contribution is 7.98. The fourth-order valence-corrected chi connectivity index (χ4v) is 6.09. The summed E-state index contributed by atoms with van der Waals surface area (Å²) in [6.45, 7) is 1.70. The Morgan fingerprint density at radius 3 is 2.89 bits per heavy atom. The molecule has 5 rings (SSSR count). The summed E-state index contributed by atoms with van der Waals surface area (Å²) in [4.78, 5) is 13.6. The van der Waals surface area contributed by atoms with Gasteiger partial charge in [-0.2, -0.15) is 0 Å². The van der Waals surface area contributed by atoms with Gasteiger partial charge in [0, 0.05) is 27.9 Å². The smallest absolute Gasteiger partial charge is 0.142 e. The lowest BCUT2D eigenvalue weighted by molar-refractivity contribution is 0.120. The number of halogens is 1. The number of hydrogen-bond donors (Lipinski definition) is 1. The number of hydrogen-bond acceptors (Lipinski definition) is 6. The molecule has 0 amide bonds. The van der Waals surface area contributed by atoms with Crippen LogP contribution in [0.1, 0.15) is 35.5 Å². The van der Waals surface area contributed by atoms with Gasteiger partial charge < -0.3 is 10.1 Å². The van der Waals surface area contributed by atoms with Crippen LogP contribution >= 0.6 is 34.7 Å². The predicted molar refractivity (Wildman–Crippen MR) is 118 cm³/mol. The standard InChI is InChI=1S/C21H22ClN3OS2/c22-13-6-8-15(9-7-13)27-12-18-24-20(23-11-14-3-2-10-26-14)19-16-4-1-5-17(16)28-21(19)25-18/h6-9,14H,1-5,10-12H2,(H,23,24,25)/t14-/m0/s1. The zero-order valence-corrected chi connectivity index (χ0v) is 17.9. The summed E-state index contributed by atoms with van der Waals surface area (Å²) in [5, 5.41) is 5.60. The summed E-state index contributed by atoms with van der Waals surface area (Å²) in [5.74, 6) is 2.61. The molecule has 1 aliphatic carbocycles. The van der Waals surface area contributed by atoms with Crippen molar-refractivity contribution in [3.63, 3.8) is 0 Å². The van der Waals surface area contributed by atoms with E-state index in [1.165, 1.54) is 33.6 Å². The largest absolute Gasteiger partial charge is 0.376 e. The topological polar surface area (TPSA) is 47.0 Å². The van der Waals surface area contributed by atoms with Crippen LogP contribution in [0.5, 0.6) is 0 Å². The first kappa shape index (κ1) is 18.7. The minimum absolute atomic E-state index is 0.295. The van der Waals surface area contributed by atoms with E-state index in [0.29, 0.717) is 6.10 Å². The van der Waals surface area contributed by atoms with Crippen LogP contribution in [0.3, 0.4) is 0 Å². The molecule has 0 radical (unpaired) electrons. The number of thioether (sulfide) groups is 1. The average molecular weight is 432 g/mol. The van der Waals surface area contributed by atoms with E-state index in [0.717, 1.165) is 59.7 Å². The molecule has 0 unspecified atom stereocenters. The van der Waals surface area contributed by atoms with Gasteiger partial charge in [0.2, 0.25) is 0 Å². The van der Waals surface area contributed by atoms with Crippen molar-refractivity contribution in [2.75, 3.05) is 18.5 Å². The Morgan fingerprint density at radius 2 is 2.07 bits per heavy atom. The van der Waals surface area contributed by atoms with E-state index in [1.807, 2.05) is 35.6 Å². The van der Waals surface area contributed by atoms with Crippen molar-refractivity contribution in [2.24, 2.45) is 0 Å². The molecule has 1 atom stereocenters. The first-order chi connectivity index (χ1) is 13.8. The quantitative estimate of drug-likeness (QED) is 0.506. The summed E-state index contributed by atoms with van der Waals surface area (Å²) in [6, 6.07) is 7.93. The fraction of sp³-hybridized carbons (Fsp3) is 0.429. The molecule has 3 heterocycles. The van der Waals surface area contributed by atoms with Crippen LogP contribution < -0.4 is 5.32 Å². The molecule has 28 heavy (non-hydrogen) atoms. The zero-order valence-electron chi connectivity index (χ0n) is 15.5. The van der Waals surface area contributed by atoms with E-state index in [2.05, 4.69) is 5.32 Å². The molecular formula is C21H22ClN3OS2. The summed E-state index contributed by atoms with van der Waals surface area (Å²) in [6.07, 6.45) is 6.15.